The molecule has 31 heavy (non-hydrogen) atoms. The van der Waals surface area contributed by atoms with E-state index in [1.54, 1.807) is 31.2 Å². The van der Waals surface area contributed by atoms with Gasteiger partial charge in [-0.3, -0.25) is 24.3 Å². The average molecular weight is 426 g/mol. The predicted molar refractivity (Wildman–Crippen MR) is 108 cm³/mol. The lowest BCUT2D eigenvalue weighted by Gasteiger charge is -2.06. The van der Waals surface area contributed by atoms with Gasteiger partial charge in [-0.1, -0.05) is 18.2 Å². The van der Waals surface area contributed by atoms with Gasteiger partial charge in [-0.15, -0.1) is 10.2 Å². The summed E-state index contributed by atoms with van der Waals surface area (Å²) in [4.78, 5) is 34.0. The van der Waals surface area contributed by atoms with Crippen molar-refractivity contribution in [2.45, 2.75) is 13.5 Å². The number of nitrogens with zero attached hydrogens (tertiary/aromatic N) is 4. The largest absolute Gasteiger partial charge is 0.493 e. The molecule has 0 aliphatic rings. The molecule has 1 aromatic heterocycles. The Labute approximate surface area is 175 Å². The highest BCUT2D eigenvalue weighted by molar-refractivity contribution is 5.96. The second-order valence-corrected chi connectivity index (χ2v) is 6.21. The zero-order valence-electron chi connectivity index (χ0n) is 16.4. The first-order valence-electron chi connectivity index (χ1n) is 9.18. The third kappa shape index (κ3) is 5.01. The molecule has 0 radical (unpaired) electrons. The Bertz CT molecular complexity index is 1150. The molecule has 0 bridgehead atoms. The van der Waals surface area contributed by atoms with Gasteiger partial charge in [0.1, 0.15) is 12.3 Å². The van der Waals surface area contributed by atoms with Crippen molar-refractivity contribution in [3.63, 3.8) is 0 Å². The van der Waals surface area contributed by atoms with Crippen molar-refractivity contribution in [2.75, 3.05) is 13.2 Å². The Kier molecular flexibility index (Phi) is 6.55. The zero-order chi connectivity index (χ0) is 22.4. The fourth-order valence-electron chi connectivity index (χ4n) is 2.81. The number of carbonyl (C=O) groups is 2. The molecule has 1 heterocycles. The maximum absolute atomic E-state index is 12.0. The van der Waals surface area contributed by atoms with Crippen LogP contribution >= 0.6 is 0 Å². The van der Waals surface area contributed by atoms with Crippen LogP contribution in [-0.2, 0) is 20.9 Å². The molecule has 3 aromatic rings. The number of aromatic nitrogens is 1. The molecule has 1 amide bonds. The second kappa shape index (κ2) is 9.48. The number of aromatic hydroxyl groups is 1. The maximum Gasteiger partial charge on any atom is 0.326 e. The van der Waals surface area contributed by atoms with Crippen molar-refractivity contribution in [3.05, 3.63) is 58.6 Å². The SMILES string of the molecule is CCOC(=O)Cn1c(O)c(N=NC(=O)COc2ccc([N+](=O)[O-])cc2)c2ccccc21. The summed E-state index contributed by atoms with van der Waals surface area (Å²) in [6.07, 6.45) is 0. The van der Waals surface area contributed by atoms with E-state index in [0.29, 0.717) is 10.9 Å². The first-order chi connectivity index (χ1) is 14.9. The molecule has 0 spiro atoms. The van der Waals surface area contributed by atoms with Gasteiger partial charge in [0.25, 0.3) is 5.69 Å². The van der Waals surface area contributed by atoms with Crippen LogP contribution in [0, 0.1) is 10.1 Å². The molecule has 11 heteroatoms. The molecular weight excluding hydrogens is 408 g/mol. The Morgan fingerprint density at radius 1 is 1.16 bits per heavy atom. The lowest BCUT2D eigenvalue weighted by atomic mass is 10.2. The third-order valence-electron chi connectivity index (χ3n) is 4.18. The van der Waals surface area contributed by atoms with E-state index >= 15 is 0 Å². The minimum atomic E-state index is -0.736. The smallest absolute Gasteiger partial charge is 0.326 e. The third-order valence-corrected chi connectivity index (χ3v) is 4.18. The summed E-state index contributed by atoms with van der Waals surface area (Å²) in [6.45, 7) is 1.20. The fourth-order valence-corrected chi connectivity index (χ4v) is 2.81. The molecule has 11 nitrogen and oxygen atoms in total. The number of nitro benzene ring substituents is 1. The number of hydrogen-bond donors (Lipinski definition) is 1. The number of non-ortho nitro benzene ring substituents is 1. The van der Waals surface area contributed by atoms with E-state index in [1.807, 2.05) is 0 Å². The highest BCUT2D eigenvalue weighted by Gasteiger charge is 2.19. The molecule has 160 valence electrons. The van der Waals surface area contributed by atoms with E-state index in [4.69, 9.17) is 9.47 Å². The first-order valence-corrected chi connectivity index (χ1v) is 9.18. The van der Waals surface area contributed by atoms with E-state index in [2.05, 4.69) is 10.2 Å². The topological polar surface area (TPSA) is 146 Å². The maximum atomic E-state index is 12.0. The summed E-state index contributed by atoms with van der Waals surface area (Å²) in [5.74, 6) is -1.35. The minimum Gasteiger partial charge on any atom is -0.493 e. The van der Waals surface area contributed by atoms with Crippen LogP contribution in [0.2, 0.25) is 0 Å². The highest BCUT2D eigenvalue weighted by Crippen LogP contribution is 2.38. The van der Waals surface area contributed by atoms with E-state index in [-0.39, 0.29) is 36.2 Å². The standard InChI is InChI=1S/C20H18N4O7/c1-2-30-18(26)11-23-16-6-4-3-5-15(16)19(20(23)27)22-21-17(25)12-31-14-9-7-13(8-10-14)24(28)29/h3-10,27H,2,11-12H2,1H3. The van der Waals surface area contributed by atoms with Gasteiger partial charge in [-0.05, 0) is 25.1 Å². The van der Waals surface area contributed by atoms with Gasteiger partial charge in [0.05, 0.1) is 17.0 Å². The molecule has 0 unspecified atom stereocenters. The number of para-hydroxylation sites is 1. The van der Waals surface area contributed by atoms with Crippen LogP contribution in [0.1, 0.15) is 6.92 Å². The molecule has 0 aliphatic heterocycles. The van der Waals surface area contributed by atoms with Gasteiger partial charge in [-0.2, -0.15) is 0 Å². The lowest BCUT2D eigenvalue weighted by molar-refractivity contribution is -0.384. The molecule has 2 aromatic carbocycles. The predicted octanol–water partition coefficient (Wildman–Crippen LogP) is 3.51. The number of esters is 1. The van der Waals surface area contributed by atoms with Crippen molar-refractivity contribution in [2.24, 2.45) is 10.2 Å². The Balaban J connectivity index is 1.74. The van der Waals surface area contributed by atoms with Gasteiger partial charge in [0.15, 0.2) is 12.3 Å². The van der Waals surface area contributed by atoms with Crippen molar-refractivity contribution in [3.8, 4) is 11.6 Å². The number of ether oxygens (including phenoxy) is 2. The number of nitro groups is 1. The molecule has 0 fully saturated rings. The summed E-state index contributed by atoms with van der Waals surface area (Å²) >= 11 is 0. The van der Waals surface area contributed by atoms with Crippen LogP contribution in [-0.4, -0.2) is 39.7 Å². The number of hydrogen-bond acceptors (Lipinski definition) is 8. The number of carbonyl (C=O) groups excluding carboxylic acids is 2. The summed E-state index contributed by atoms with van der Waals surface area (Å²) < 4.78 is 11.5. The van der Waals surface area contributed by atoms with Crippen molar-refractivity contribution >= 4 is 34.2 Å². The van der Waals surface area contributed by atoms with Crippen molar-refractivity contribution < 1.29 is 29.1 Å². The van der Waals surface area contributed by atoms with Crippen LogP contribution in [0.25, 0.3) is 10.9 Å². The zero-order valence-corrected chi connectivity index (χ0v) is 16.4. The van der Waals surface area contributed by atoms with Gasteiger partial charge in [-0.25, -0.2) is 0 Å². The summed E-state index contributed by atoms with van der Waals surface area (Å²) in [5.41, 5.74) is 0.452. The van der Waals surface area contributed by atoms with E-state index < -0.39 is 23.4 Å². The quantitative estimate of drug-likeness (QED) is 0.251. The van der Waals surface area contributed by atoms with E-state index in [1.165, 1.54) is 28.8 Å². The Morgan fingerprint density at radius 3 is 2.55 bits per heavy atom. The number of rotatable bonds is 8. The Hall–Kier alpha value is -4.28. The number of amides is 1. The first kappa shape index (κ1) is 21.4. The van der Waals surface area contributed by atoms with Crippen molar-refractivity contribution in [1.29, 1.82) is 0 Å². The molecule has 1 N–H and O–H groups in total. The fraction of sp³-hybridized carbons (Fsp3) is 0.200. The van der Waals surface area contributed by atoms with Crippen molar-refractivity contribution in [1.82, 2.24) is 4.57 Å². The van der Waals surface area contributed by atoms with E-state index in [9.17, 15) is 24.8 Å². The summed E-state index contributed by atoms with van der Waals surface area (Å²) in [6, 6.07) is 12.0. The molecule has 0 saturated heterocycles. The van der Waals surface area contributed by atoms with Crippen LogP contribution in [0.3, 0.4) is 0 Å². The normalized spacial score (nSPS) is 11.0. The minimum absolute atomic E-state index is 0.0311. The summed E-state index contributed by atoms with van der Waals surface area (Å²) in [5, 5.41) is 29.1. The average Bonchev–Trinajstić information content (AvgIpc) is 3.02. The molecule has 3 rings (SSSR count). The monoisotopic (exact) mass is 426 g/mol. The number of fused-ring (bicyclic) bond motifs is 1. The Morgan fingerprint density at radius 2 is 1.87 bits per heavy atom. The molecular formula is C20H18N4O7. The highest BCUT2D eigenvalue weighted by atomic mass is 16.6. The van der Waals surface area contributed by atoms with Gasteiger partial charge < -0.3 is 14.6 Å². The number of benzene rings is 2. The molecule has 0 aliphatic carbocycles. The number of azo groups is 1. The molecule has 0 saturated carbocycles. The molecule has 0 atom stereocenters. The van der Waals surface area contributed by atoms with Crippen LogP contribution in [0.4, 0.5) is 11.4 Å². The van der Waals surface area contributed by atoms with Gasteiger partial charge in [0, 0.05) is 17.5 Å². The summed E-state index contributed by atoms with van der Waals surface area (Å²) in [7, 11) is 0. The van der Waals surface area contributed by atoms with Crippen LogP contribution in [0.5, 0.6) is 11.6 Å². The van der Waals surface area contributed by atoms with E-state index in [0.717, 1.165) is 0 Å². The van der Waals surface area contributed by atoms with Gasteiger partial charge in [0.2, 0.25) is 5.88 Å². The van der Waals surface area contributed by atoms with Gasteiger partial charge >= 0.3 is 11.9 Å². The van der Waals surface area contributed by atoms with Crippen LogP contribution in [0.15, 0.2) is 58.8 Å². The lowest BCUT2D eigenvalue weighted by Crippen LogP contribution is -2.12. The second-order valence-electron chi connectivity index (χ2n) is 6.21. The van der Waals surface area contributed by atoms with Crippen LogP contribution < -0.4 is 4.74 Å².